The lowest BCUT2D eigenvalue weighted by molar-refractivity contribution is -0.384. The molecule has 2 rings (SSSR count). The summed E-state index contributed by atoms with van der Waals surface area (Å²) < 4.78 is 5.90. The summed E-state index contributed by atoms with van der Waals surface area (Å²) >= 11 is 3.24. The van der Waals surface area contributed by atoms with Crippen molar-refractivity contribution in [2.24, 2.45) is 0 Å². The van der Waals surface area contributed by atoms with E-state index in [4.69, 9.17) is 4.74 Å². The molecule has 0 aliphatic rings. The lowest BCUT2D eigenvalue weighted by Gasteiger charge is -2.08. The van der Waals surface area contributed by atoms with E-state index in [1.807, 2.05) is 12.1 Å². The maximum absolute atomic E-state index is 11.1. The Morgan fingerprint density at radius 2 is 1.89 bits per heavy atom. The third-order valence-electron chi connectivity index (χ3n) is 2.55. The second-order valence-electron chi connectivity index (χ2n) is 3.62. The summed E-state index contributed by atoms with van der Waals surface area (Å²) in [7, 11) is 1.55. The molecule has 5 heteroatoms. The largest absolute Gasteiger partial charge is 0.496 e. The van der Waals surface area contributed by atoms with E-state index in [1.165, 1.54) is 6.07 Å². The molecule has 0 aromatic heterocycles. The molecule has 0 spiro atoms. The zero-order chi connectivity index (χ0) is 13.1. The minimum Gasteiger partial charge on any atom is -0.496 e. The van der Waals surface area contributed by atoms with Gasteiger partial charge in [0.2, 0.25) is 0 Å². The summed E-state index contributed by atoms with van der Waals surface area (Å²) in [5.74, 6) is 0.614. The number of nitro groups is 1. The predicted molar refractivity (Wildman–Crippen MR) is 72.8 cm³/mol. The summed E-state index contributed by atoms with van der Waals surface area (Å²) in [4.78, 5) is 10.7. The molecule has 0 radical (unpaired) electrons. The predicted octanol–water partition coefficient (Wildman–Crippen LogP) is 4.03. The Hall–Kier alpha value is -1.88. The number of rotatable bonds is 3. The van der Waals surface area contributed by atoms with Gasteiger partial charge in [-0.15, -0.1) is 0 Å². The summed E-state index contributed by atoms with van der Waals surface area (Å²) in [5.41, 5.74) is 1.30. The fraction of sp³-hybridized carbons (Fsp3) is 0.0769. The van der Waals surface area contributed by atoms with Crippen LogP contribution < -0.4 is 4.74 Å². The van der Waals surface area contributed by atoms with Crippen molar-refractivity contribution >= 4 is 21.6 Å². The molecule has 0 heterocycles. The van der Waals surface area contributed by atoms with Crippen molar-refractivity contribution in [1.29, 1.82) is 0 Å². The number of hydrogen-bond donors (Lipinski definition) is 0. The van der Waals surface area contributed by atoms with Gasteiger partial charge in [-0.1, -0.05) is 34.1 Å². The first-order valence-corrected chi connectivity index (χ1v) is 6.00. The Morgan fingerprint density at radius 1 is 1.17 bits per heavy atom. The molecular formula is C13H10BrNO3. The molecule has 0 saturated heterocycles. The van der Waals surface area contributed by atoms with Crippen molar-refractivity contribution in [3.05, 3.63) is 57.1 Å². The SMILES string of the molecule is COc1ccccc1-c1ccc(Br)cc1[N+](=O)[O-]. The molecule has 2 aromatic carbocycles. The van der Waals surface area contributed by atoms with E-state index in [1.54, 1.807) is 31.4 Å². The van der Waals surface area contributed by atoms with Crippen molar-refractivity contribution in [1.82, 2.24) is 0 Å². The van der Waals surface area contributed by atoms with Gasteiger partial charge in [-0.3, -0.25) is 10.1 Å². The number of ether oxygens (including phenoxy) is 1. The molecular weight excluding hydrogens is 298 g/mol. The van der Waals surface area contributed by atoms with Gasteiger partial charge in [0.15, 0.2) is 0 Å². The van der Waals surface area contributed by atoms with E-state index >= 15 is 0 Å². The Balaban J connectivity index is 2.67. The maximum Gasteiger partial charge on any atom is 0.278 e. The number of hydrogen-bond acceptors (Lipinski definition) is 3. The maximum atomic E-state index is 11.1. The van der Waals surface area contributed by atoms with Crippen LogP contribution in [0.3, 0.4) is 0 Å². The van der Waals surface area contributed by atoms with Crippen LogP contribution in [0.15, 0.2) is 46.9 Å². The molecule has 18 heavy (non-hydrogen) atoms. The van der Waals surface area contributed by atoms with Crippen molar-refractivity contribution < 1.29 is 9.66 Å². The minimum atomic E-state index is -0.396. The summed E-state index contributed by atoms with van der Waals surface area (Å²) in [6.07, 6.45) is 0. The van der Waals surface area contributed by atoms with Crippen LogP contribution in [0.2, 0.25) is 0 Å². The highest BCUT2D eigenvalue weighted by Gasteiger charge is 2.18. The molecule has 92 valence electrons. The number of benzene rings is 2. The fourth-order valence-corrected chi connectivity index (χ4v) is 2.10. The van der Waals surface area contributed by atoms with E-state index in [0.717, 1.165) is 0 Å². The zero-order valence-corrected chi connectivity index (χ0v) is 11.2. The van der Waals surface area contributed by atoms with Crippen LogP contribution in [-0.2, 0) is 0 Å². The molecule has 2 aromatic rings. The molecule has 0 amide bonds. The topological polar surface area (TPSA) is 52.4 Å². The smallest absolute Gasteiger partial charge is 0.278 e. The van der Waals surface area contributed by atoms with Crippen LogP contribution in [0, 0.1) is 10.1 Å². The average molecular weight is 308 g/mol. The number of methoxy groups -OCH3 is 1. The van der Waals surface area contributed by atoms with Crippen LogP contribution in [-0.4, -0.2) is 12.0 Å². The van der Waals surface area contributed by atoms with E-state index in [2.05, 4.69) is 15.9 Å². The van der Waals surface area contributed by atoms with Gasteiger partial charge in [0.05, 0.1) is 17.6 Å². The van der Waals surface area contributed by atoms with Gasteiger partial charge in [-0.05, 0) is 18.2 Å². The van der Waals surface area contributed by atoms with E-state index < -0.39 is 4.92 Å². The third kappa shape index (κ3) is 2.36. The second-order valence-corrected chi connectivity index (χ2v) is 4.53. The van der Waals surface area contributed by atoms with Gasteiger partial charge in [-0.2, -0.15) is 0 Å². The number of halogens is 1. The van der Waals surface area contributed by atoms with Gasteiger partial charge < -0.3 is 4.74 Å². The molecule has 0 aliphatic carbocycles. The van der Waals surface area contributed by atoms with Crippen LogP contribution in [0.4, 0.5) is 5.69 Å². The average Bonchev–Trinajstić information content (AvgIpc) is 2.38. The molecule has 0 bridgehead atoms. The molecule has 0 aliphatic heterocycles. The van der Waals surface area contributed by atoms with Gasteiger partial charge in [0, 0.05) is 16.1 Å². The number of nitrogens with zero attached hydrogens (tertiary/aromatic N) is 1. The first-order chi connectivity index (χ1) is 8.63. The van der Waals surface area contributed by atoms with Gasteiger partial charge in [0.25, 0.3) is 5.69 Å². The molecule has 0 N–H and O–H groups in total. The normalized spacial score (nSPS) is 10.1. The molecule has 0 saturated carbocycles. The van der Waals surface area contributed by atoms with Crippen molar-refractivity contribution in [3.63, 3.8) is 0 Å². The highest BCUT2D eigenvalue weighted by molar-refractivity contribution is 9.10. The first-order valence-electron chi connectivity index (χ1n) is 5.21. The second kappa shape index (κ2) is 5.18. The molecule has 0 unspecified atom stereocenters. The highest BCUT2D eigenvalue weighted by atomic mass is 79.9. The molecule has 0 fully saturated rings. The molecule has 4 nitrogen and oxygen atoms in total. The lowest BCUT2D eigenvalue weighted by atomic mass is 10.0. The molecule has 0 atom stereocenters. The highest BCUT2D eigenvalue weighted by Crippen LogP contribution is 2.37. The first kappa shape index (κ1) is 12.6. The van der Waals surface area contributed by atoms with Gasteiger partial charge in [0.1, 0.15) is 5.75 Å². The van der Waals surface area contributed by atoms with Crippen LogP contribution in [0.25, 0.3) is 11.1 Å². The van der Waals surface area contributed by atoms with Crippen molar-refractivity contribution in [2.45, 2.75) is 0 Å². The zero-order valence-electron chi connectivity index (χ0n) is 9.59. The Kier molecular flexibility index (Phi) is 3.62. The quantitative estimate of drug-likeness (QED) is 0.635. The van der Waals surface area contributed by atoms with Crippen molar-refractivity contribution in [2.75, 3.05) is 7.11 Å². The van der Waals surface area contributed by atoms with Crippen LogP contribution >= 0.6 is 15.9 Å². The number of nitro benzene ring substituents is 1. The summed E-state index contributed by atoms with van der Waals surface area (Å²) in [6.45, 7) is 0. The Morgan fingerprint density at radius 3 is 2.56 bits per heavy atom. The third-order valence-corrected chi connectivity index (χ3v) is 3.05. The van der Waals surface area contributed by atoms with Crippen LogP contribution in [0.5, 0.6) is 5.75 Å². The van der Waals surface area contributed by atoms with Gasteiger partial charge in [-0.25, -0.2) is 0 Å². The summed E-state index contributed by atoms with van der Waals surface area (Å²) in [6, 6.07) is 12.2. The summed E-state index contributed by atoms with van der Waals surface area (Å²) in [5, 5.41) is 11.1. The minimum absolute atomic E-state index is 0.0499. The monoisotopic (exact) mass is 307 g/mol. The standard InChI is InChI=1S/C13H10BrNO3/c1-18-13-5-3-2-4-11(13)10-7-6-9(14)8-12(10)15(16)17/h2-8H,1H3. The number of para-hydroxylation sites is 1. The van der Waals surface area contributed by atoms with E-state index in [-0.39, 0.29) is 5.69 Å². The lowest BCUT2D eigenvalue weighted by Crippen LogP contribution is -1.94. The van der Waals surface area contributed by atoms with Gasteiger partial charge >= 0.3 is 0 Å². The fourth-order valence-electron chi connectivity index (χ4n) is 1.75. The van der Waals surface area contributed by atoms with E-state index in [0.29, 0.717) is 21.3 Å². The Bertz CT molecular complexity index is 599. The van der Waals surface area contributed by atoms with Crippen LogP contribution in [0.1, 0.15) is 0 Å². The van der Waals surface area contributed by atoms with Crippen molar-refractivity contribution in [3.8, 4) is 16.9 Å². The Labute approximate surface area is 112 Å². The van der Waals surface area contributed by atoms with E-state index in [9.17, 15) is 10.1 Å².